The Bertz CT molecular complexity index is 1200. The maximum absolute atomic E-state index is 14.7. The number of benzene rings is 1. The first-order valence-electron chi connectivity index (χ1n) is 12.5. The summed E-state index contributed by atoms with van der Waals surface area (Å²) >= 11 is 0. The van der Waals surface area contributed by atoms with Crippen LogP contribution in [0, 0.1) is 17.7 Å². The molecular weight excluding hydrogens is 435 g/mol. The van der Waals surface area contributed by atoms with Gasteiger partial charge in [0.25, 0.3) is 5.95 Å². The van der Waals surface area contributed by atoms with Gasteiger partial charge in [-0.25, -0.2) is 4.39 Å². The number of hydrogen-bond acceptors (Lipinski definition) is 6. The number of rotatable bonds is 6. The topological polar surface area (TPSA) is 80.3 Å². The number of carbonyl (C=O) groups is 1. The van der Waals surface area contributed by atoms with Gasteiger partial charge in [-0.1, -0.05) is 26.0 Å². The molecule has 0 radical (unpaired) electrons. The van der Waals surface area contributed by atoms with Crippen LogP contribution in [-0.4, -0.2) is 68.4 Å². The molecule has 4 heterocycles. The molecule has 3 aromatic rings. The van der Waals surface area contributed by atoms with E-state index in [1.165, 1.54) is 10.7 Å². The highest BCUT2D eigenvalue weighted by molar-refractivity contribution is 5.84. The van der Waals surface area contributed by atoms with Crippen LogP contribution in [0.25, 0.3) is 16.9 Å². The van der Waals surface area contributed by atoms with Crippen LogP contribution in [0.5, 0.6) is 0 Å². The molecule has 0 N–H and O–H groups in total. The Labute approximate surface area is 198 Å². The monoisotopic (exact) mass is 466 g/mol. The second kappa shape index (κ2) is 8.45. The molecule has 1 saturated carbocycles. The van der Waals surface area contributed by atoms with E-state index in [0.29, 0.717) is 29.2 Å². The van der Waals surface area contributed by atoms with Crippen LogP contribution < -0.4 is 0 Å². The minimum atomic E-state index is -0.343. The summed E-state index contributed by atoms with van der Waals surface area (Å²) in [7, 11) is 0. The molecule has 2 aliphatic heterocycles. The average molecular weight is 467 g/mol. The van der Waals surface area contributed by atoms with Gasteiger partial charge < -0.3 is 14.3 Å². The van der Waals surface area contributed by atoms with E-state index >= 15 is 0 Å². The molecule has 9 heteroatoms. The molecule has 34 heavy (non-hydrogen) atoms. The molecule has 2 saturated heterocycles. The highest BCUT2D eigenvalue weighted by Gasteiger charge is 2.40. The van der Waals surface area contributed by atoms with Crippen LogP contribution in [0.4, 0.5) is 4.39 Å². The molecule has 6 rings (SSSR count). The summed E-state index contributed by atoms with van der Waals surface area (Å²) in [5.41, 5.74) is 1.21. The lowest BCUT2D eigenvalue weighted by Gasteiger charge is -2.43. The van der Waals surface area contributed by atoms with E-state index in [0.717, 1.165) is 69.5 Å². The van der Waals surface area contributed by atoms with E-state index in [4.69, 9.17) is 4.52 Å². The van der Waals surface area contributed by atoms with Crippen LogP contribution in [0.3, 0.4) is 0 Å². The number of fused-ring (bicyclic) bond motifs is 1. The van der Waals surface area contributed by atoms with Gasteiger partial charge in [-0.15, -0.1) is 0 Å². The first-order chi connectivity index (χ1) is 16.5. The summed E-state index contributed by atoms with van der Waals surface area (Å²) in [6.45, 7) is 8.91. The molecule has 3 fully saturated rings. The lowest BCUT2D eigenvalue weighted by Crippen LogP contribution is -2.54. The molecule has 8 nitrogen and oxygen atoms in total. The number of aromatic nitrogens is 4. The van der Waals surface area contributed by atoms with Crippen molar-refractivity contribution in [2.24, 2.45) is 11.8 Å². The van der Waals surface area contributed by atoms with Crippen LogP contribution in [0.2, 0.25) is 0 Å². The predicted molar refractivity (Wildman–Crippen MR) is 124 cm³/mol. The van der Waals surface area contributed by atoms with Crippen LogP contribution >= 0.6 is 0 Å². The molecule has 2 aromatic heterocycles. The Morgan fingerprint density at radius 2 is 1.94 bits per heavy atom. The van der Waals surface area contributed by atoms with Gasteiger partial charge in [0.2, 0.25) is 11.8 Å². The van der Waals surface area contributed by atoms with Crippen LogP contribution in [0.15, 0.2) is 22.7 Å². The normalized spacial score (nSPS) is 20.4. The molecule has 0 atom stereocenters. The van der Waals surface area contributed by atoms with Gasteiger partial charge in [-0.3, -0.25) is 4.79 Å². The van der Waals surface area contributed by atoms with Crippen molar-refractivity contribution in [3.63, 3.8) is 0 Å². The fourth-order valence-corrected chi connectivity index (χ4v) is 5.38. The fourth-order valence-electron chi connectivity index (χ4n) is 5.38. The van der Waals surface area contributed by atoms with Crippen molar-refractivity contribution in [2.45, 2.75) is 51.4 Å². The molecule has 0 bridgehead atoms. The third kappa shape index (κ3) is 3.89. The van der Waals surface area contributed by atoms with Crippen molar-refractivity contribution >= 4 is 16.8 Å². The molecule has 1 aromatic carbocycles. The van der Waals surface area contributed by atoms with Crippen molar-refractivity contribution in [3.05, 3.63) is 35.6 Å². The number of carbonyl (C=O) groups excluding carboxylic acids is 1. The Morgan fingerprint density at radius 1 is 1.18 bits per heavy atom. The molecule has 1 amide bonds. The third-order valence-corrected chi connectivity index (χ3v) is 7.50. The van der Waals surface area contributed by atoms with E-state index in [9.17, 15) is 9.18 Å². The predicted octanol–water partition coefficient (Wildman–Crippen LogP) is 3.72. The fraction of sp³-hybridized carbons (Fsp3) is 0.600. The van der Waals surface area contributed by atoms with Crippen LogP contribution in [-0.2, 0) is 4.79 Å². The Morgan fingerprint density at radius 3 is 2.65 bits per heavy atom. The number of halogens is 1. The highest BCUT2D eigenvalue weighted by atomic mass is 19.1. The average Bonchev–Trinajstić information content (AvgIpc) is 3.40. The van der Waals surface area contributed by atoms with E-state index in [2.05, 4.69) is 20.1 Å². The maximum Gasteiger partial charge on any atom is 0.291 e. The van der Waals surface area contributed by atoms with Crippen molar-refractivity contribution < 1.29 is 13.7 Å². The number of hydrogen-bond donors (Lipinski definition) is 0. The SMILES string of the molecule is CC(C)c1nn(-c2noc(C3CCN(CC4CN(C(=O)C5CC5)C4)CC3)n2)c2c(F)cccc12. The van der Waals surface area contributed by atoms with Crippen molar-refractivity contribution in [1.29, 1.82) is 0 Å². The molecular formula is C25H31FN6O2. The number of likely N-dealkylation sites (tertiary alicyclic amines) is 2. The second-order valence-electron chi connectivity index (χ2n) is 10.5. The number of para-hydroxylation sites is 1. The van der Waals surface area contributed by atoms with E-state index in [1.807, 2.05) is 24.8 Å². The summed E-state index contributed by atoms with van der Waals surface area (Å²) in [6, 6.07) is 5.03. The molecule has 0 unspecified atom stereocenters. The van der Waals surface area contributed by atoms with Crippen molar-refractivity contribution in [2.75, 3.05) is 32.7 Å². The summed E-state index contributed by atoms with van der Waals surface area (Å²) < 4.78 is 21.8. The Balaban J connectivity index is 1.09. The minimum Gasteiger partial charge on any atom is -0.342 e. The molecule has 0 spiro atoms. The zero-order valence-corrected chi connectivity index (χ0v) is 19.8. The van der Waals surface area contributed by atoms with Crippen LogP contribution in [0.1, 0.15) is 63.0 Å². The van der Waals surface area contributed by atoms with Gasteiger partial charge in [0, 0.05) is 42.8 Å². The van der Waals surface area contributed by atoms with Crippen molar-refractivity contribution in [1.82, 2.24) is 29.7 Å². The van der Waals surface area contributed by atoms with Gasteiger partial charge >= 0.3 is 0 Å². The smallest absolute Gasteiger partial charge is 0.291 e. The summed E-state index contributed by atoms with van der Waals surface area (Å²) in [6.07, 6.45) is 4.06. The zero-order valence-electron chi connectivity index (χ0n) is 19.8. The van der Waals surface area contributed by atoms with Crippen molar-refractivity contribution in [3.8, 4) is 5.95 Å². The number of amides is 1. The van der Waals surface area contributed by atoms with Gasteiger partial charge in [-0.05, 0) is 55.9 Å². The standard InChI is InChI=1S/C25H31FN6O2/c1-15(2)21-19-4-3-5-20(26)22(19)32(28-21)25-27-23(34-29-25)17-8-10-30(11-9-17)12-16-13-31(14-16)24(33)18-6-7-18/h3-5,15-18H,6-14H2,1-2H3. The summed E-state index contributed by atoms with van der Waals surface area (Å²) in [5, 5.41) is 9.56. The molecule has 180 valence electrons. The zero-order chi connectivity index (χ0) is 23.4. The largest absolute Gasteiger partial charge is 0.342 e. The Kier molecular flexibility index (Phi) is 5.39. The second-order valence-corrected chi connectivity index (χ2v) is 10.5. The lowest BCUT2D eigenvalue weighted by molar-refractivity contribution is -0.139. The van der Waals surface area contributed by atoms with Gasteiger partial charge in [0.15, 0.2) is 0 Å². The summed E-state index contributed by atoms with van der Waals surface area (Å²) in [5.74, 6) is 2.17. The quantitative estimate of drug-likeness (QED) is 0.551. The van der Waals surface area contributed by atoms with Gasteiger partial charge in [-0.2, -0.15) is 14.8 Å². The number of nitrogens with zero attached hydrogens (tertiary/aromatic N) is 6. The Hall–Kier alpha value is -2.81. The summed E-state index contributed by atoms with van der Waals surface area (Å²) in [4.78, 5) is 21.3. The van der Waals surface area contributed by atoms with Gasteiger partial charge in [0.05, 0.1) is 5.69 Å². The van der Waals surface area contributed by atoms with Gasteiger partial charge in [0.1, 0.15) is 11.3 Å². The van der Waals surface area contributed by atoms with E-state index in [-0.39, 0.29) is 23.6 Å². The first-order valence-corrected chi connectivity index (χ1v) is 12.5. The van der Waals surface area contributed by atoms with E-state index in [1.54, 1.807) is 6.07 Å². The lowest BCUT2D eigenvalue weighted by atomic mass is 9.93. The van der Waals surface area contributed by atoms with E-state index < -0.39 is 0 Å². The molecule has 1 aliphatic carbocycles. The highest BCUT2D eigenvalue weighted by Crippen LogP contribution is 2.34. The minimum absolute atomic E-state index is 0.149. The third-order valence-electron chi connectivity index (χ3n) is 7.50. The maximum atomic E-state index is 14.7. The first kappa shape index (κ1) is 21.7. The molecule has 3 aliphatic rings. The number of piperidine rings is 1.